The summed E-state index contributed by atoms with van der Waals surface area (Å²) in [5.41, 5.74) is 1.39. The Labute approximate surface area is 166 Å². The summed E-state index contributed by atoms with van der Waals surface area (Å²) in [6, 6.07) is 0. The number of amides is 1. The second-order valence-electron chi connectivity index (χ2n) is 6.58. The van der Waals surface area contributed by atoms with Crippen molar-refractivity contribution in [1.82, 2.24) is 9.97 Å². The lowest BCUT2D eigenvalue weighted by Gasteiger charge is -2.14. The molecule has 0 bridgehead atoms. The van der Waals surface area contributed by atoms with E-state index in [9.17, 15) is 14.4 Å². The van der Waals surface area contributed by atoms with E-state index in [4.69, 9.17) is 9.47 Å². The summed E-state index contributed by atoms with van der Waals surface area (Å²) in [5, 5.41) is 3.14. The first-order valence-corrected chi connectivity index (χ1v) is 9.86. The van der Waals surface area contributed by atoms with E-state index in [-0.39, 0.29) is 11.8 Å². The summed E-state index contributed by atoms with van der Waals surface area (Å²) < 4.78 is 10.3. The first-order valence-electron chi connectivity index (χ1n) is 9.04. The van der Waals surface area contributed by atoms with Gasteiger partial charge in [0.15, 0.2) is 12.3 Å². The highest BCUT2D eigenvalue weighted by molar-refractivity contribution is 7.17. The van der Waals surface area contributed by atoms with Crippen LogP contribution < -0.4 is 5.32 Å². The number of carbonyl (C=O) groups is 3. The van der Waals surface area contributed by atoms with Crippen molar-refractivity contribution < 1.29 is 23.9 Å². The zero-order chi connectivity index (χ0) is 20.1. The van der Waals surface area contributed by atoms with Crippen LogP contribution in [0.2, 0.25) is 0 Å². The molecule has 2 aromatic rings. The van der Waals surface area contributed by atoms with E-state index in [2.05, 4.69) is 15.3 Å². The number of carbonyl (C=O) groups excluding carboxylic acids is 3. The molecule has 1 aliphatic rings. The van der Waals surface area contributed by atoms with Crippen LogP contribution in [-0.4, -0.2) is 40.5 Å². The molecule has 9 heteroatoms. The van der Waals surface area contributed by atoms with E-state index in [0.29, 0.717) is 10.6 Å². The van der Waals surface area contributed by atoms with Crippen molar-refractivity contribution in [2.75, 3.05) is 11.9 Å². The second-order valence-corrected chi connectivity index (χ2v) is 7.69. The topological polar surface area (TPSA) is 107 Å². The van der Waals surface area contributed by atoms with E-state index in [1.807, 2.05) is 0 Å². The van der Waals surface area contributed by atoms with Crippen molar-refractivity contribution in [3.8, 4) is 0 Å². The van der Waals surface area contributed by atoms with Gasteiger partial charge in [-0.25, -0.2) is 14.6 Å². The molecular formula is C19H21N3O5S. The third-order valence-electron chi connectivity index (χ3n) is 4.08. The summed E-state index contributed by atoms with van der Waals surface area (Å²) in [6.45, 7) is 3.07. The van der Waals surface area contributed by atoms with Gasteiger partial charge in [0.2, 0.25) is 0 Å². The molecule has 8 nitrogen and oxygen atoms in total. The van der Waals surface area contributed by atoms with Crippen LogP contribution in [0, 0.1) is 0 Å². The average Bonchev–Trinajstić information content (AvgIpc) is 3.04. The lowest BCUT2D eigenvalue weighted by atomic mass is 9.95. The molecule has 0 saturated carbocycles. The number of thiophene rings is 1. The molecule has 1 aliphatic carbocycles. The van der Waals surface area contributed by atoms with Crippen LogP contribution in [0.4, 0.5) is 5.00 Å². The van der Waals surface area contributed by atoms with Crippen molar-refractivity contribution >= 4 is 34.2 Å². The van der Waals surface area contributed by atoms with Gasteiger partial charge in [-0.3, -0.25) is 9.78 Å². The number of ether oxygens (including phenoxy) is 2. The maximum Gasteiger partial charge on any atom is 0.359 e. The Morgan fingerprint density at radius 3 is 2.68 bits per heavy atom. The van der Waals surface area contributed by atoms with Crippen LogP contribution in [0.5, 0.6) is 0 Å². The fraction of sp³-hybridized carbons (Fsp3) is 0.421. The number of rotatable bonds is 6. The van der Waals surface area contributed by atoms with Gasteiger partial charge in [-0.2, -0.15) is 0 Å². The zero-order valence-electron chi connectivity index (χ0n) is 15.7. The Morgan fingerprint density at radius 1 is 1.18 bits per heavy atom. The molecule has 2 heterocycles. The van der Waals surface area contributed by atoms with Crippen LogP contribution >= 0.6 is 11.3 Å². The summed E-state index contributed by atoms with van der Waals surface area (Å²) in [4.78, 5) is 45.4. The Bertz CT molecular complexity index is 879. The molecule has 1 amide bonds. The van der Waals surface area contributed by atoms with E-state index < -0.39 is 24.5 Å². The number of anilines is 1. The molecule has 0 aliphatic heterocycles. The third kappa shape index (κ3) is 4.72. The molecule has 0 radical (unpaired) electrons. The molecule has 2 aromatic heterocycles. The van der Waals surface area contributed by atoms with Crippen LogP contribution in [0.25, 0.3) is 0 Å². The fourth-order valence-corrected chi connectivity index (χ4v) is 4.21. The molecule has 0 aromatic carbocycles. The third-order valence-corrected chi connectivity index (χ3v) is 5.29. The molecular weight excluding hydrogens is 382 g/mol. The first kappa shape index (κ1) is 19.9. The van der Waals surface area contributed by atoms with Crippen LogP contribution in [0.3, 0.4) is 0 Å². The van der Waals surface area contributed by atoms with Gasteiger partial charge in [0.1, 0.15) is 5.00 Å². The molecule has 0 unspecified atom stereocenters. The number of nitrogens with one attached hydrogen (secondary N) is 1. The second kappa shape index (κ2) is 8.92. The predicted octanol–water partition coefficient (Wildman–Crippen LogP) is 2.78. The predicted molar refractivity (Wildman–Crippen MR) is 102 cm³/mol. The fourth-order valence-electron chi connectivity index (χ4n) is 2.92. The Kier molecular flexibility index (Phi) is 6.35. The van der Waals surface area contributed by atoms with Gasteiger partial charge in [0.25, 0.3) is 5.91 Å². The number of hydrogen-bond acceptors (Lipinski definition) is 8. The van der Waals surface area contributed by atoms with Crippen LogP contribution in [0.1, 0.15) is 58.0 Å². The minimum absolute atomic E-state index is 0.0167. The Morgan fingerprint density at radius 2 is 1.96 bits per heavy atom. The van der Waals surface area contributed by atoms with Gasteiger partial charge in [-0.15, -0.1) is 11.3 Å². The average molecular weight is 403 g/mol. The van der Waals surface area contributed by atoms with Crippen molar-refractivity contribution in [2.45, 2.75) is 45.6 Å². The number of aryl methyl sites for hydroxylation is 1. The Balaban J connectivity index is 1.70. The van der Waals surface area contributed by atoms with Crippen molar-refractivity contribution in [1.29, 1.82) is 0 Å². The monoisotopic (exact) mass is 403 g/mol. The lowest BCUT2D eigenvalue weighted by Crippen LogP contribution is -2.22. The van der Waals surface area contributed by atoms with E-state index in [0.717, 1.165) is 36.1 Å². The summed E-state index contributed by atoms with van der Waals surface area (Å²) in [6.07, 6.45) is 7.49. The highest BCUT2D eigenvalue weighted by Gasteiger charge is 2.28. The van der Waals surface area contributed by atoms with E-state index in [1.54, 1.807) is 13.8 Å². The highest BCUT2D eigenvalue weighted by atomic mass is 32.1. The van der Waals surface area contributed by atoms with Gasteiger partial charge in [-0.05, 0) is 45.1 Å². The maximum atomic E-state index is 12.6. The largest absolute Gasteiger partial charge is 0.459 e. The molecule has 0 fully saturated rings. The number of aromatic nitrogens is 2. The minimum Gasteiger partial charge on any atom is -0.459 e. The number of fused-ring (bicyclic) bond motifs is 1. The first-order chi connectivity index (χ1) is 13.5. The van der Waals surface area contributed by atoms with E-state index >= 15 is 0 Å². The molecule has 0 spiro atoms. The molecule has 1 N–H and O–H groups in total. The molecule has 0 atom stereocenters. The van der Waals surface area contributed by atoms with Gasteiger partial charge in [0, 0.05) is 17.3 Å². The van der Waals surface area contributed by atoms with Crippen LogP contribution in [0.15, 0.2) is 18.6 Å². The van der Waals surface area contributed by atoms with Crippen LogP contribution in [-0.2, 0) is 27.1 Å². The smallest absolute Gasteiger partial charge is 0.359 e. The van der Waals surface area contributed by atoms with Gasteiger partial charge >= 0.3 is 11.9 Å². The standard InChI is InChI=1S/C19H21N3O5S/c1-11(2)27-19(25)16-12-5-3-4-6-14(12)28-17(16)22-15(23)10-26-18(24)13-9-20-7-8-21-13/h7-9,11H,3-6,10H2,1-2H3,(H,22,23). The molecule has 28 heavy (non-hydrogen) atoms. The minimum atomic E-state index is -0.742. The normalized spacial score (nSPS) is 13.0. The SMILES string of the molecule is CC(C)OC(=O)c1c(NC(=O)COC(=O)c2cnccn2)sc2c1CCCC2. The number of nitrogens with zero attached hydrogens (tertiary/aromatic N) is 2. The number of hydrogen-bond donors (Lipinski definition) is 1. The van der Waals surface area contributed by atoms with Gasteiger partial charge < -0.3 is 14.8 Å². The summed E-state index contributed by atoms with van der Waals surface area (Å²) >= 11 is 1.38. The summed E-state index contributed by atoms with van der Waals surface area (Å²) in [5.74, 6) is -1.72. The molecule has 0 saturated heterocycles. The Hall–Kier alpha value is -2.81. The summed E-state index contributed by atoms with van der Waals surface area (Å²) in [7, 11) is 0. The van der Waals surface area contributed by atoms with Gasteiger partial charge in [-0.1, -0.05) is 0 Å². The van der Waals surface area contributed by atoms with Crippen molar-refractivity contribution in [3.05, 3.63) is 40.3 Å². The molecule has 3 rings (SSSR count). The number of esters is 2. The molecule has 148 valence electrons. The quantitative estimate of drug-likeness (QED) is 0.739. The lowest BCUT2D eigenvalue weighted by molar-refractivity contribution is -0.119. The van der Waals surface area contributed by atoms with Gasteiger partial charge in [0.05, 0.1) is 17.9 Å². The van der Waals surface area contributed by atoms with Crippen molar-refractivity contribution in [3.63, 3.8) is 0 Å². The van der Waals surface area contributed by atoms with E-state index in [1.165, 1.54) is 29.9 Å². The zero-order valence-corrected chi connectivity index (χ0v) is 16.5. The highest BCUT2D eigenvalue weighted by Crippen LogP contribution is 2.38. The van der Waals surface area contributed by atoms with Crippen molar-refractivity contribution in [2.24, 2.45) is 0 Å². The maximum absolute atomic E-state index is 12.6.